The summed E-state index contributed by atoms with van der Waals surface area (Å²) in [4.78, 5) is 21.7. The van der Waals surface area contributed by atoms with Crippen LogP contribution >= 0.6 is 15.9 Å². The molecule has 78 valence electrons. The van der Waals surface area contributed by atoms with Crippen molar-refractivity contribution in [1.82, 2.24) is 0 Å². The molecular formula is C10H13BrO3. The van der Waals surface area contributed by atoms with Gasteiger partial charge in [-0.2, -0.15) is 0 Å². The molecule has 0 spiro atoms. The van der Waals surface area contributed by atoms with Gasteiger partial charge in [-0.25, -0.2) is 0 Å². The highest BCUT2D eigenvalue weighted by Gasteiger charge is 2.38. The number of rotatable bonds is 3. The Kier molecular flexibility index (Phi) is 2.61. The van der Waals surface area contributed by atoms with Gasteiger partial charge in [0.1, 0.15) is 5.60 Å². The molecule has 1 aromatic rings. The molecule has 0 N–H and O–H groups in total. The quantitative estimate of drug-likeness (QED) is 0.613. The Labute approximate surface area is 90.9 Å². The zero-order valence-corrected chi connectivity index (χ0v) is 10.3. The largest absolute Gasteiger partial charge is 0.482 e. The standard InChI is InChI=1S/C10H13BrO3/c1-9(2,11)10(3,4)14-7-5-6(12)8(7)13/h5H,1-4H3. The van der Waals surface area contributed by atoms with E-state index in [4.69, 9.17) is 4.74 Å². The van der Waals surface area contributed by atoms with Crippen LogP contribution in [0.15, 0.2) is 15.7 Å². The number of hydrogen-bond donors (Lipinski definition) is 0. The van der Waals surface area contributed by atoms with E-state index in [-0.39, 0.29) is 10.1 Å². The second-order valence-electron chi connectivity index (χ2n) is 4.29. The highest BCUT2D eigenvalue weighted by Crippen LogP contribution is 2.33. The average Bonchev–Trinajstić information content (AvgIpc) is 2.01. The Morgan fingerprint density at radius 3 is 2.00 bits per heavy atom. The fourth-order valence-electron chi connectivity index (χ4n) is 0.766. The van der Waals surface area contributed by atoms with E-state index in [0.717, 1.165) is 0 Å². The maximum absolute atomic E-state index is 11.0. The molecule has 0 saturated carbocycles. The molecule has 0 fully saturated rings. The molecule has 1 aromatic carbocycles. The van der Waals surface area contributed by atoms with Crippen LogP contribution in [-0.2, 0) is 0 Å². The highest BCUT2D eigenvalue weighted by atomic mass is 79.9. The first kappa shape index (κ1) is 11.4. The molecule has 0 amide bonds. The van der Waals surface area contributed by atoms with Crippen LogP contribution in [0.2, 0.25) is 0 Å². The lowest BCUT2D eigenvalue weighted by molar-refractivity contribution is 0.0769. The first-order valence-corrected chi connectivity index (χ1v) is 5.13. The predicted octanol–water partition coefficient (Wildman–Crippen LogP) is 1.61. The third-order valence-corrected chi connectivity index (χ3v) is 3.46. The van der Waals surface area contributed by atoms with E-state index < -0.39 is 16.5 Å². The van der Waals surface area contributed by atoms with Gasteiger partial charge in [-0.3, -0.25) is 9.59 Å². The SMILES string of the molecule is CC(C)(Br)C(C)(C)Oc1cc(=O)c1=O. The summed E-state index contributed by atoms with van der Waals surface area (Å²) in [5, 5.41) is 0. The van der Waals surface area contributed by atoms with Gasteiger partial charge in [0.25, 0.3) is 5.43 Å². The fourth-order valence-corrected chi connectivity index (χ4v) is 0.847. The van der Waals surface area contributed by atoms with Gasteiger partial charge >= 0.3 is 0 Å². The van der Waals surface area contributed by atoms with Crippen LogP contribution in [0.4, 0.5) is 0 Å². The van der Waals surface area contributed by atoms with Crippen LogP contribution in [0.5, 0.6) is 5.75 Å². The molecule has 0 aromatic heterocycles. The van der Waals surface area contributed by atoms with E-state index in [1.807, 2.05) is 27.7 Å². The molecular weight excluding hydrogens is 248 g/mol. The van der Waals surface area contributed by atoms with Crippen molar-refractivity contribution in [3.8, 4) is 5.75 Å². The summed E-state index contributed by atoms with van der Waals surface area (Å²) < 4.78 is 5.19. The van der Waals surface area contributed by atoms with Crippen molar-refractivity contribution in [3.63, 3.8) is 0 Å². The molecule has 0 aliphatic rings. The molecule has 0 bridgehead atoms. The van der Waals surface area contributed by atoms with Gasteiger partial charge < -0.3 is 4.74 Å². The van der Waals surface area contributed by atoms with Crippen molar-refractivity contribution < 1.29 is 4.74 Å². The maximum Gasteiger partial charge on any atom is 0.267 e. The van der Waals surface area contributed by atoms with Gasteiger partial charge in [0, 0.05) is 6.07 Å². The highest BCUT2D eigenvalue weighted by molar-refractivity contribution is 9.10. The Balaban J connectivity index is 2.86. The number of alkyl halides is 1. The normalized spacial score (nSPS) is 13.2. The molecule has 0 heterocycles. The first-order chi connectivity index (χ1) is 6.15. The molecule has 4 heteroatoms. The van der Waals surface area contributed by atoms with Crippen molar-refractivity contribution >= 4 is 15.9 Å². The maximum atomic E-state index is 11.0. The molecule has 0 radical (unpaired) electrons. The lowest BCUT2D eigenvalue weighted by Gasteiger charge is -2.37. The number of hydrogen-bond acceptors (Lipinski definition) is 3. The molecule has 3 nitrogen and oxygen atoms in total. The Morgan fingerprint density at radius 1 is 1.21 bits per heavy atom. The summed E-state index contributed by atoms with van der Waals surface area (Å²) in [5.74, 6) is 0.160. The van der Waals surface area contributed by atoms with Crippen molar-refractivity contribution in [2.75, 3.05) is 0 Å². The van der Waals surface area contributed by atoms with Gasteiger partial charge in [0.2, 0.25) is 5.43 Å². The summed E-state index contributed by atoms with van der Waals surface area (Å²) >= 11 is 3.47. The van der Waals surface area contributed by atoms with Crippen LogP contribution in [0.1, 0.15) is 27.7 Å². The fraction of sp³-hybridized carbons (Fsp3) is 0.600. The summed E-state index contributed by atoms with van der Waals surface area (Å²) in [5.41, 5.74) is -1.56. The summed E-state index contributed by atoms with van der Waals surface area (Å²) in [6.45, 7) is 7.61. The van der Waals surface area contributed by atoms with Crippen molar-refractivity contribution in [2.24, 2.45) is 0 Å². The van der Waals surface area contributed by atoms with Crippen molar-refractivity contribution in [3.05, 3.63) is 26.5 Å². The van der Waals surface area contributed by atoms with E-state index in [1.165, 1.54) is 6.07 Å². The third kappa shape index (κ3) is 1.90. The van der Waals surface area contributed by atoms with E-state index in [0.29, 0.717) is 0 Å². The lowest BCUT2D eigenvalue weighted by atomic mass is 9.94. The Hall–Kier alpha value is -0.640. The molecule has 14 heavy (non-hydrogen) atoms. The first-order valence-electron chi connectivity index (χ1n) is 4.33. The van der Waals surface area contributed by atoms with Crippen LogP contribution < -0.4 is 15.6 Å². The van der Waals surface area contributed by atoms with Crippen molar-refractivity contribution in [2.45, 2.75) is 37.6 Å². The summed E-state index contributed by atoms with van der Waals surface area (Å²) in [6.07, 6.45) is 0. The topological polar surface area (TPSA) is 43.4 Å². The lowest BCUT2D eigenvalue weighted by Crippen LogP contribution is -2.48. The van der Waals surface area contributed by atoms with Crippen molar-refractivity contribution in [1.29, 1.82) is 0 Å². The summed E-state index contributed by atoms with van der Waals surface area (Å²) in [6, 6.07) is 1.23. The molecule has 1 rings (SSSR count). The Bertz CT molecular complexity index is 405. The van der Waals surface area contributed by atoms with Crippen LogP contribution in [-0.4, -0.2) is 9.93 Å². The Morgan fingerprint density at radius 2 is 1.71 bits per heavy atom. The number of ether oxygens (including phenoxy) is 1. The molecule has 0 atom stereocenters. The summed E-state index contributed by atoms with van der Waals surface area (Å²) in [7, 11) is 0. The minimum atomic E-state index is -0.546. The average molecular weight is 261 g/mol. The van der Waals surface area contributed by atoms with Crippen LogP contribution in [0.3, 0.4) is 0 Å². The van der Waals surface area contributed by atoms with E-state index >= 15 is 0 Å². The van der Waals surface area contributed by atoms with E-state index in [1.54, 1.807) is 0 Å². The molecule has 0 unspecified atom stereocenters. The molecule has 0 saturated heterocycles. The van der Waals surface area contributed by atoms with E-state index in [2.05, 4.69) is 15.9 Å². The predicted molar refractivity (Wildman–Crippen MR) is 59.1 cm³/mol. The van der Waals surface area contributed by atoms with E-state index in [9.17, 15) is 9.59 Å². The minimum Gasteiger partial charge on any atom is -0.482 e. The number of halogens is 1. The smallest absolute Gasteiger partial charge is 0.267 e. The van der Waals surface area contributed by atoms with Gasteiger partial charge in [0.15, 0.2) is 5.75 Å². The zero-order chi connectivity index (χ0) is 11.1. The van der Waals surface area contributed by atoms with Crippen LogP contribution in [0, 0.1) is 0 Å². The molecule has 0 aliphatic carbocycles. The second kappa shape index (κ2) is 3.19. The monoisotopic (exact) mass is 260 g/mol. The van der Waals surface area contributed by atoms with Gasteiger partial charge in [-0.1, -0.05) is 15.9 Å². The van der Waals surface area contributed by atoms with Gasteiger partial charge in [0.05, 0.1) is 4.32 Å². The van der Waals surface area contributed by atoms with Crippen LogP contribution in [0.25, 0.3) is 0 Å². The third-order valence-electron chi connectivity index (χ3n) is 2.51. The van der Waals surface area contributed by atoms with Gasteiger partial charge in [-0.05, 0) is 27.7 Å². The van der Waals surface area contributed by atoms with Gasteiger partial charge in [-0.15, -0.1) is 0 Å². The molecule has 0 aliphatic heterocycles. The minimum absolute atomic E-state index is 0.160. The second-order valence-corrected chi connectivity index (χ2v) is 6.27. The zero-order valence-electron chi connectivity index (χ0n) is 8.68.